The van der Waals surface area contributed by atoms with Gasteiger partial charge in [0.05, 0.1) is 0 Å². The normalized spacial score (nSPS) is 13.4. The summed E-state index contributed by atoms with van der Waals surface area (Å²) in [5.41, 5.74) is 4.84. The summed E-state index contributed by atoms with van der Waals surface area (Å²) in [4.78, 5) is 4.34. The van der Waals surface area contributed by atoms with Gasteiger partial charge in [-0.3, -0.25) is 0 Å². The largest absolute Gasteiger partial charge is 0.473 e. The number of hydrogen-bond donors (Lipinski definition) is 0. The van der Waals surface area contributed by atoms with Gasteiger partial charge in [0, 0.05) is 12.3 Å². The first-order valence-electron chi connectivity index (χ1n) is 6.17. The van der Waals surface area contributed by atoms with Crippen LogP contribution in [0.4, 0.5) is 0 Å². The molecule has 3 rings (SSSR count). The average Bonchev–Trinajstić information content (AvgIpc) is 2.79. The Hall–Kier alpha value is -2.09. The SMILES string of the molecule is C=C1CCc2cnc(OCc3ccccc3)cc21. The third kappa shape index (κ3) is 2.14. The highest BCUT2D eigenvalue weighted by atomic mass is 16.5. The van der Waals surface area contributed by atoms with Crippen LogP contribution in [0.25, 0.3) is 5.57 Å². The van der Waals surface area contributed by atoms with Crippen molar-refractivity contribution < 1.29 is 4.74 Å². The molecule has 18 heavy (non-hydrogen) atoms. The van der Waals surface area contributed by atoms with Crippen LogP contribution in [0.2, 0.25) is 0 Å². The fourth-order valence-electron chi connectivity index (χ4n) is 2.22. The molecule has 0 N–H and O–H groups in total. The van der Waals surface area contributed by atoms with E-state index in [-0.39, 0.29) is 0 Å². The summed E-state index contributed by atoms with van der Waals surface area (Å²) in [6, 6.07) is 12.1. The van der Waals surface area contributed by atoms with E-state index in [1.165, 1.54) is 16.7 Å². The van der Waals surface area contributed by atoms with Crippen molar-refractivity contribution in [3.8, 4) is 5.88 Å². The van der Waals surface area contributed by atoms with Crippen LogP contribution >= 0.6 is 0 Å². The second-order valence-electron chi connectivity index (χ2n) is 4.56. The van der Waals surface area contributed by atoms with Crippen LogP contribution in [0.5, 0.6) is 5.88 Å². The molecule has 1 aliphatic carbocycles. The molecular formula is C16H15NO. The highest BCUT2D eigenvalue weighted by molar-refractivity contribution is 5.70. The minimum Gasteiger partial charge on any atom is -0.473 e. The van der Waals surface area contributed by atoms with E-state index < -0.39 is 0 Å². The van der Waals surface area contributed by atoms with E-state index in [1.807, 2.05) is 42.6 Å². The third-order valence-corrected chi connectivity index (χ3v) is 3.27. The van der Waals surface area contributed by atoms with Gasteiger partial charge in [-0.1, -0.05) is 36.9 Å². The molecule has 0 atom stereocenters. The molecule has 1 aliphatic rings. The molecule has 0 unspecified atom stereocenters. The van der Waals surface area contributed by atoms with Gasteiger partial charge < -0.3 is 4.74 Å². The predicted molar refractivity (Wildman–Crippen MR) is 72.4 cm³/mol. The fourth-order valence-corrected chi connectivity index (χ4v) is 2.22. The Morgan fingerprint density at radius 1 is 1.17 bits per heavy atom. The number of ether oxygens (including phenoxy) is 1. The number of benzene rings is 1. The zero-order valence-corrected chi connectivity index (χ0v) is 10.2. The number of rotatable bonds is 3. The molecule has 0 amide bonds. The number of aromatic nitrogens is 1. The quantitative estimate of drug-likeness (QED) is 0.813. The number of nitrogens with zero attached hydrogens (tertiary/aromatic N) is 1. The molecule has 2 heteroatoms. The van der Waals surface area contributed by atoms with Gasteiger partial charge in [-0.05, 0) is 35.1 Å². The summed E-state index contributed by atoms with van der Waals surface area (Å²) in [5, 5.41) is 0. The van der Waals surface area contributed by atoms with E-state index in [0.717, 1.165) is 18.4 Å². The molecule has 1 aromatic carbocycles. The Balaban J connectivity index is 1.74. The lowest BCUT2D eigenvalue weighted by atomic mass is 10.1. The van der Waals surface area contributed by atoms with Crippen LogP contribution in [-0.2, 0) is 13.0 Å². The number of allylic oxidation sites excluding steroid dienone is 1. The molecule has 1 aromatic heterocycles. The molecule has 0 radical (unpaired) electrons. The zero-order chi connectivity index (χ0) is 12.4. The number of fused-ring (bicyclic) bond motifs is 1. The van der Waals surface area contributed by atoms with Crippen molar-refractivity contribution in [1.82, 2.24) is 4.98 Å². The zero-order valence-electron chi connectivity index (χ0n) is 10.2. The Labute approximate surface area is 107 Å². The second kappa shape index (κ2) is 4.65. The monoisotopic (exact) mass is 237 g/mol. The molecule has 0 spiro atoms. The fraction of sp³-hybridized carbons (Fsp3) is 0.188. The molecule has 0 bridgehead atoms. The summed E-state index contributed by atoms with van der Waals surface area (Å²) >= 11 is 0. The van der Waals surface area contributed by atoms with Gasteiger partial charge in [0.15, 0.2) is 0 Å². The molecule has 0 saturated heterocycles. The summed E-state index contributed by atoms with van der Waals surface area (Å²) < 4.78 is 5.71. The van der Waals surface area contributed by atoms with Gasteiger partial charge in [0.2, 0.25) is 5.88 Å². The molecule has 1 heterocycles. The maximum absolute atomic E-state index is 5.71. The summed E-state index contributed by atoms with van der Waals surface area (Å²) in [6.45, 7) is 4.63. The Morgan fingerprint density at radius 3 is 2.83 bits per heavy atom. The lowest BCUT2D eigenvalue weighted by Crippen LogP contribution is -1.98. The van der Waals surface area contributed by atoms with Gasteiger partial charge in [-0.15, -0.1) is 0 Å². The molecule has 2 aromatic rings. The number of pyridine rings is 1. The van der Waals surface area contributed by atoms with Crippen LogP contribution in [0.15, 0.2) is 49.2 Å². The van der Waals surface area contributed by atoms with Crippen molar-refractivity contribution in [3.05, 3.63) is 65.9 Å². The maximum atomic E-state index is 5.71. The van der Waals surface area contributed by atoms with Crippen LogP contribution < -0.4 is 4.74 Å². The van der Waals surface area contributed by atoms with Crippen LogP contribution in [0.3, 0.4) is 0 Å². The summed E-state index contributed by atoms with van der Waals surface area (Å²) in [7, 11) is 0. The molecule has 2 nitrogen and oxygen atoms in total. The Kier molecular flexibility index (Phi) is 2.85. The van der Waals surface area contributed by atoms with Crippen molar-refractivity contribution in [2.45, 2.75) is 19.4 Å². The highest BCUT2D eigenvalue weighted by Crippen LogP contribution is 2.32. The van der Waals surface area contributed by atoms with Gasteiger partial charge in [-0.25, -0.2) is 4.98 Å². The van der Waals surface area contributed by atoms with Crippen molar-refractivity contribution in [1.29, 1.82) is 0 Å². The Bertz CT molecular complexity index is 575. The van der Waals surface area contributed by atoms with Crippen molar-refractivity contribution in [2.75, 3.05) is 0 Å². The molecule has 0 fully saturated rings. The predicted octanol–water partition coefficient (Wildman–Crippen LogP) is 3.62. The van der Waals surface area contributed by atoms with Gasteiger partial charge in [0.1, 0.15) is 6.61 Å². The van der Waals surface area contributed by atoms with E-state index in [0.29, 0.717) is 12.5 Å². The maximum Gasteiger partial charge on any atom is 0.214 e. The van der Waals surface area contributed by atoms with Crippen LogP contribution in [0.1, 0.15) is 23.1 Å². The van der Waals surface area contributed by atoms with Crippen molar-refractivity contribution in [3.63, 3.8) is 0 Å². The smallest absolute Gasteiger partial charge is 0.214 e. The van der Waals surface area contributed by atoms with Crippen LogP contribution in [-0.4, -0.2) is 4.98 Å². The minimum atomic E-state index is 0.555. The average molecular weight is 237 g/mol. The molecular weight excluding hydrogens is 222 g/mol. The first-order valence-corrected chi connectivity index (χ1v) is 6.17. The van der Waals surface area contributed by atoms with E-state index in [1.54, 1.807) is 0 Å². The topological polar surface area (TPSA) is 22.1 Å². The lowest BCUT2D eigenvalue weighted by Gasteiger charge is -2.07. The van der Waals surface area contributed by atoms with Crippen LogP contribution in [0, 0.1) is 0 Å². The molecule has 0 saturated carbocycles. The number of aryl methyl sites for hydroxylation is 1. The third-order valence-electron chi connectivity index (χ3n) is 3.27. The van der Waals surface area contributed by atoms with E-state index in [9.17, 15) is 0 Å². The standard InChI is InChI=1S/C16H15NO/c1-12-7-8-14-10-17-16(9-15(12)14)18-11-13-5-3-2-4-6-13/h2-6,9-10H,1,7-8,11H2. The second-order valence-corrected chi connectivity index (χ2v) is 4.56. The highest BCUT2D eigenvalue weighted by Gasteiger charge is 2.15. The van der Waals surface area contributed by atoms with E-state index in [2.05, 4.69) is 11.6 Å². The summed E-state index contributed by atoms with van der Waals surface area (Å²) in [6.07, 6.45) is 4.01. The first-order chi connectivity index (χ1) is 8.83. The minimum absolute atomic E-state index is 0.555. The van der Waals surface area contributed by atoms with Gasteiger partial charge >= 0.3 is 0 Å². The molecule has 90 valence electrons. The first kappa shape index (κ1) is 11.0. The van der Waals surface area contributed by atoms with E-state index >= 15 is 0 Å². The molecule has 0 aliphatic heterocycles. The lowest BCUT2D eigenvalue weighted by molar-refractivity contribution is 0.293. The number of hydrogen-bond acceptors (Lipinski definition) is 2. The summed E-state index contributed by atoms with van der Waals surface area (Å²) in [5.74, 6) is 0.681. The van der Waals surface area contributed by atoms with Crippen molar-refractivity contribution in [2.24, 2.45) is 0 Å². The van der Waals surface area contributed by atoms with Gasteiger partial charge in [0.25, 0.3) is 0 Å². The van der Waals surface area contributed by atoms with Gasteiger partial charge in [-0.2, -0.15) is 0 Å². The van der Waals surface area contributed by atoms with E-state index in [4.69, 9.17) is 4.74 Å². The van der Waals surface area contributed by atoms with Crippen molar-refractivity contribution >= 4 is 5.57 Å². The Morgan fingerprint density at radius 2 is 2.00 bits per heavy atom.